The van der Waals surface area contributed by atoms with Gasteiger partial charge in [0.05, 0.1) is 17.1 Å². The van der Waals surface area contributed by atoms with Gasteiger partial charge >= 0.3 is 0 Å². The summed E-state index contributed by atoms with van der Waals surface area (Å²) in [6, 6.07) is 17.6. The number of nitrogens with zero attached hydrogens (tertiary/aromatic N) is 1. The van der Waals surface area contributed by atoms with Crippen LogP contribution in [0.5, 0.6) is 0 Å². The van der Waals surface area contributed by atoms with Gasteiger partial charge in [0.1, 0.15) is 12.4 Å². The van der Waals surface area contributed by atoms with E-state index in [1.54, 1.807) is 0 Å². The van der Waals surface area contributed by atoms with Crippen molar-refractivity contribution in [3.8, 4) is 0 Å². The summed E-state index contributed by atoms with van der Waals surface area (Å²) in [5.74, 6) is 0.591. The highest BCUT2D eigenvalue weighted by Crippen LogP contribution is 2.19. The molecule has 5 heteroatoms. The second kappa shape index (κ2) is 7.07. The number of methoxy groups -OCH3 is 1. The van der Waals surface area contributed by atoms with Crippen molar-refractivity contribution in [1.29, 1.82) is 0 Å². The molecule has 0 unspecified atom stereocenters. The summed E-state index contributed by atoms with van der Waals surface area (Å²) >= 11 is 0. The number of imidazole rings is 1. The lowest BCUT2D eigenvalue weighted by molar-refractivity contribution is -0.125. The molecule has 0 fully saturated rings. The Hall–Kier alpha value is -2.66. The van der Waals surface area contributed by atoms with Crippen LogP contribution >= 0.6 is 0 Å². The molecule has 0 spiro atoms. The number of aromatic nitrogens is 2. The quantitative estimate of drug-likeness (QED) is 0.735. The van der Waals surface area contributed by atoms with E-state index in [4.69, 9.17) is 4.74 Å². The molecule has 3 rings (SSSR count). The van der Waals surface area contributed by atoms with Gasteiger partial charge < -0.3 is 15.0 Å². The van der Waals surface area contributed by atoms with E-state index in [9.17, 15) is 4.79 Å². The minimum atomic E-state index is -0.229. The summed E-state index contributed by atoms with van der Waals surface area (Å²) < 4.78 is 4.91. The van der Waals surface area contributed by atoms with Crippen LogP contribution < -0.4 is 5.32 Å². The maximum absolute atomic E-state index is 12.0. The molecule has 1 aromatic heterocycles. The Kier molecular flexibility index (Phi) is 4.68. The molecule has 0 radical (unpaired) electrons. The zero-order valence-electron chi connectivity index (χ0n) is 13.0. The van der Waals surface area contributed by atoms with Crippen LogP contribution in [0.2, 0.25) is 0 Å². The van der Waals surface area contributed by atoms with Gasteiger partial charge in [0.15, 0.2) is 0 Å². The number of nitrogens with one attached hydrogen (secondary N) is 2. The topological polar surface area (TPSA) is 67.0 Å². The largest absolute Gasteiger partial charge is 0.375 e. The number of benzene rings is 2. The molecule has 1 heterocycles. The normalized spacial score (nSPS) is 12.2. The van der Waals surface area contributed by atoms with Crippen molar-refractivity contribution >= 4 is 16.9 Å². The molecule has 1 amide bonds. The Balaban J connectivity index is 1.88. The first-order chi connectivity index (χ1) is 11.3. The lowest BCUT2D eigenvalue weighted by Gasteiger charge is -2.16. The molecule has 2 aromatic carbocycles. The van der Waals surface area contributed by atoms with Crippen LogP contribution in [0.15, 0.2) is 54.6 Å². The van der Waals surface area contributed by atoms with Crippen molar-refractivity contribution in [2.45, 2.75) is 12.5 Å². The van der Waals surface area contributed by atoms with Crippen molar-refractivity contribution in [1.82, 2.24) is 15.3 Å². The zero-order chi connectivity index (χ0) is 16.1. The molecule has 0 aliphatic rings. The van der Waals surface area contributed by atoms with Gasteiger partial charge in [-0.05, 0) is 24.1 Å². The fraction of sp³-hybridized carbons (Fsp3) is 0.222. The number of amides is 1. The summed E-state index contributed by atoms with van der Waals surface area (Å²) in [6.45, 7) is 0.0333. The van der Waals surface area contributed by atoms with E-state index in [0.717, 1.165) is 22.4 Å². The van der Waals surface area contributed by atoms with Crippen LogP contribution in [0, 0.1) is 0 Å². The monoisotopic (exact) mass is 309 g/mol. The molecule has 23 heavy (non-hydrogen) atoms. The third-order valence-electron chi connectivity index (χ3n) is 3.63. The molecule has 0 saturated heterocycles. The molecule has 0 bridgehead atoms. The number of fused-ring (bicyclic) bond motifs is 1. The van der Waals surface area contributed by atoms with E-state index in [0.29, 0.717) is 6.42 Å². The number of ether oxygens (including phenoxy) is 1. The first kappa shape index (κ1) is 15.2. The number of para-hydroxylation sites is 2. The van der Waals surface area contributed by atoms with Crippen molar-refractivity contribution in [3.63, 3.8) is 0 Å². The average molecular weight is 309 g/mol. The Morgan fingerprint density at radius 2 is 1.91 bits per heavy atom. The standard InChI is InChI=1S/C18H19N3O2/c1-23-12-17(22)19-16(11-13-7-3-2-4-8-13)18-20-14-9-5-6-10-15(14)21-18/h2-10,16H,11-12H2,1H3,(H,19,22)(H,20,21)/t16-/m0/s1. The molecule has 2 N–H and O–H groups in total. The van der Waals surface area contributed by atoms with E-state index < -0.39 is 0 Å². The first-order valence-electron chi connectivity index (χ1n) is 7.53. The lowest BCUT2D eigenvalue weighted by Crippen LogP contribution is -2.33. The summed E-state index contributed by atoms with van der Waals surface area (Å²) in [4.78, 5) is 19.9. The molecule has 3 aromatic rings. The van der Waals surface area contributed by atoms with E-state index >= 15 is 0 Å². The fourth-order valence-electron chi connectivity index (χ4n) is 2.57. The van der Waals surface area contributed by atoms with Gasteiger partial charge in [-0.25, -0.2) is 4.98 Å². The highest BCUT2D eigenvalue weighted by atomic mass is 16.5. The number of carbonyl (C=O) groups is 1. The van der Waals surface area contributed by atoms with Crippen LogP contribution in [0.25, 0.3) is 11.0 Å². The van der Waals surface area contributed by atoms with Crippen LogP contribution in [0.3, 0.4) is 0 Å². The van der Waals surface area contributed by atoms with Gasteiger partial charge in [-0.15, -0.1) is 0 Å². The van der Waals surface area contributed by atoms with E-state index in [2.05, 4.69) is 15.3 Å². The molecule has 5 nitrogen and oxygen atoms in total. The highest BCUT2D eigenvalue weighted by Gasteiger charge is 2.18. The number of aromatic amines is 1. The Morgan fingerprint density at radius 1 is 1.17 bits per heavy atom. The Bertz CT molecular complexity index is 750. The fourth-order valence-corrected chi connectivity index (χ4v) is 2.57. The second-order valence-corrected chi connectivity index (χ2v) is 5.38. The molecule has 118 valence electrons. The number of hydrogen-bond donors (Lipinski definition) is 2. The number of carbonyl (C=O) groups excluding carboxylic acids is 1. The Labute approximate surface area is 134 Å². The van der Waals surface area contributed by atoms with Crippen LogP contribution in [0.4, 0.5) is 0 Å². The maximum Gasteiger partial charge on any atom is 0.246 e. The van der Waals surface area contributed by atoms with E-state index in [1.165, 1.54) is 7.11 Å². The third kappa shape index (κ3) is 3.76. The van der Waals surface area contributed by atoms with Gasteiger partial charge in [-0.3, -0.25) is 4.79 Å². The minimum Gasteiger partial charge on any atom is -0.375 e. The SMILES string of the molecule is COCC(=O)N[C@@H](Cc1ccccc1)c1nc2ccccc2[nH]1. The van der Waals surface area contributed by atoms with Crippen LogP contribution in [-0.4, -0.2) is 29.6 Å². The molecular weight excluding hydrogens is 290 g/mol. The third-order valence-corrected chi connectivity index (χ3v) is 3.63. The average Bonchev–Trinajstić information content (AvgIpc) is 2.99. The molecule has 0 saturated carbocycles. The first-order valence-corrected chi connectivity index (χ1v) is 7.53. The summed E-state index contributed by atoms with van der Waals surface area (Å²) in [5, 5.41) is 2.99. The predicted molar refractivity (Wildman–Crippen MR) is 89.0 cm³/mol. The van der Waals surface area contributed by atoms with Gasteiger partial charge in [-0.2, -0.15) is 0 Å². The molecule has 0 aliphatic heterocycles. The lowest BCUT2D eigenvalue weighted by atomic mass is 10.1. The van der Waals surface area contributed by atoms with Gasteiger partial charge in [0.25, 0.3) is 0 Å². The predicted octanol–water partition coefficient (Wildman–Crippen LogP) is 2.61. The second-order valence-electron chi connectivity index (χ2n) is 5.38. The number of H-pyrrole nitrogens is 1. The Morgan fingerprint density at radius 3 is 2.65 bits per heavy atom. The molecule has 0 aliphatic carbocycles. The van der Waals surface area contributed by atoms with Crippen molar-refractivity contribution < 1.29 is 9.53 Å². The zero-order valence-corrected chi connectivity index (χ0v) is 13.0. The van der Waals surface area contributed by atoms with Crippen molar-refractivity contribution in [2.24, 2.45) is 0 Å². The van der Waals surface area contributed by atoms with E-state index in [-0.39, 0.29) is 18.6 Å². The molecular formula is C18H19N3O2. The van der Waals surface area contributed by atoms with Crippen LogP contribution in [-0.2, 0) is 16.0 Å². The number of rotatable bonds is 6. The summed E-state index contributed by atoms with van der Waals surface area (Å²) in [6.07, 6.45) is 0.663. The summed E-state index contributed by atoms with van der Waals surface area (Å²) in [7, 11) is 1.51. The van der Waals surface area contributed by atoms with E-state index in [1.807, 2.05) is 54.6 Å². The van der Waals surface area contributed by atoms with Gasteiger partial charge in [0.2, 0.25) is 5.91 Å². The number of hydrogen-bond acceptors (Lipinski definition) is 3. The van der Waals surface area contributed by atoms with Crippen molar-refractivity contribution in [2.75, 3.05) is 13.7 Å². The smallest absolute Gasteiger partial charge is 0.246 e. The molecule has 1 atom stereocenters. The van der Waals surface area contributed by atoms with Crippen molar-refractivity contribution in [3.05, 3.63) is 66.0 Å². The van der Waals surface area contributed by atoms with Gasteiger partial charge in [-0.1, -0.05) is 42.5 Å². The summed E-state index contributed by atoms with van der Waals surface area (Å²) in [5.41, 5.74) is 2.98. The minimum absolute atomic E-state index is 0.0333. The van der Waals surface area contributed by atoms with Gasteiger partial charge in [0, 0.05) is 7.11 Å². The maximum atomic E-state index is 12.0. The van der Waals surface area contributed by atoms with Crippen LogP contribution in [0.1, 0.15) is 17.4 Å². The highest BCUT2D eigenvalue weighted by molar-refractivity contribution is 5.78.